The Hall–Kier alpha value is -1.88. The first kappa shape index (κ1) is 17.2. The minimum Gasteiger partial charge on any atom is -0.356 e. The fourth-order valence-corrected chi connectivity index (χ4v) is 1.98. The Morgan fingerprint density at radius 3 is 2.14 bits per heavy atom. The molecule has 0 fully saturated rings. The molecule has 116 valence electrons. The van der Waals surface area contributed by atoms with E-state index in [-0.39, 0.29) is 11.8 Å². The first-order chi connectivity index (χ1) is 9.95. The van der Waals surface area contributed by atoms with Gasteiger partial charge in [-0.15, -0.1) is 0 Å². The summed E-state index contributed by atoms with van der Waals surface area (Å²) in [5.41, 5.74) is 6.82. The molecular formula is C16H25N3O2. The number of benzene rings is 1. The highest BCUT2D eigenvalue weighted by atomic mass is 16.2. The highest BCUT2D eigenvalue weighted by molar-refractivity contribution is 5.97. The van der Waals surface area contributed by atoms with Crippen LogP contribution >= 0.6 is 0 Å². The molecule has 0 aromatic heterocycles. The average molecular weight is 291 g/mol. The maximum atomic E-state index is 12.1. The van der Waals surface area contributed by atoms with E-state index in [0.717, 1.165) is 5.56 Å². The normalized spacial score (nSPS) is 11.0. The van der Waals surface area contributed by atoms with Gasteiger partial charge in [0.25, 0.3) is 0 Å². The first-order valence-electron chi connectivity index (χ1n) is 7.41. The zero-order valence-electron chi connectivity index (χ0n) is 13.0. The van der Waals surface area contributed by atoms with Crippen molar-refractivity contribution in [2.24, 2.45) is 5.73 Å². The number of nitrogens with two attached hydrogens (primary N) is 1. The van der Waals surface area contributed by atoms with Gasteiger partial charge in [0, 0.05) is 12.2 Å². The molecule has 0 saturated carbocycles. The molecule has 0 spiro atoms. The van der Waals surface area contributed by atoms with Crippen molar-refractivity contribution in [2.75, 3.05) is 11.9 Å². The van der Waals surface area contributed by atoms with E-state index >= 15 is 0 Å². The minimum absolute atomic E-state index is 0.00720. The highest BCUT2D eigenvalue weighted by Crippen LogP contribution is 2.16. The van der Waals surface area contributed by atoms with Gasteiger partial charge in [0.1, 0.15) is 0 Å². The van der Waals surface area contributed by atoms with E-state index in [1.54, 1.807) is 12.1 Å². The van der Waals surface area contributed by atoms with Crippen LogP contribution in [0.3, 0.4) is 0 Å². The van der Waals surface area contributed by atoms with Crippen molar-refractivity contribution in [1.29, 1.82) is 0 Å². The summed E-state index contributed by atoms with van der Waals surface area (Å²) in [7, 11) is 0. The fourth-order valence-electron chi connectivity index (χ4n) is 1.98. The lowest BCUT2D eigenvalue weighted by atomic mass is 9.93. The summed E-state index contributed by atoms with van der Waals surface area (Å²) >= 11 is 0. The molecule has 0 radical (unpaired) electrons. The van der Waals surface area contributed by atoms with Gasteiger partial charge < -0.3 is 16.4 Å². The third-order valence-electron chi connectivity index (χ3n) is 3.66. The maximum absolute atomic E-state index is 12.1. The number of rotatable bonds is 7. The lowest BCUT2D eigenvalue weighted by molar-refractivity contribution is -0.121. The number of anilines is 1. The lowest BCUT2D eigenvalue weighted by Gasteiger charge is -2.25. The fraction of sp³-hybridized carbons (Fsp3) is 0.500. The summed E-state index contributed by atoms with van der Waals surface area (Å²) in [5.74, 6) is -0.184. The predicted molar refractivity (Wildman–Crippen MR) is 85.0 cm³/mol. The van der Waals surface area contributed by atoms with Gasteiger partial charge in [0.15, 0.2) is 0 Å². The Morgan fingerprint density at radius 2 is 1.67 bits per heavy atom. The van der Waals surface area contributed by atoms with Gasteiger partial charge in [-0.3, -0.25) is 9.59 Å². The van der Waals surface area contributed by atoms with Crippen LogP contribution in [0.4, 0.5) is 5.69 Å². The van der Waals surface area contributed by atoms with Crippen molar-refractivity contribution < 1.29 is 9.59 Å². The molecule has 0 unspecified atom stereocenters. The number of carbonyl (C=O) groups is 2. The standard InChI is InChI=1S/C16H25N3O2/c1-4-16(17,5-2)15(21)19-13-9-7-12(8-10-13)11-14(20)18-6-3/h7-10H,4-6,11,17H2,1-3H3,(H,18,20)(H,19,21). The van der Waals surface area contributed by atoms with Crippen molar-refractivity contribution in [2.45, 2.75) is 45.6 Å². The molecule has 4 N–H and O–H groups in total. The van der Waals surface area contributed by atoms with Crippen LogP contribution in [0.5, 0.6) is 0 Å². The third-order valence-corrected chi connectivity index (χ3v) is 3.66. The Labute approximate surface area is 126 Å². The van der Waals surface area contributed by atoms with Crippen molar-refractivity contribution in [1.82, 2.24) is 5.32 Å². The molecule has 1 rings (SSSR count). The van der Waals surface area contributed by atoms with Crippen LogP contribution in [0, 0.1) is 0 Å². The molecule has 0 atom stereocenters. The summed E-state index contributed by atoms with van der Waals surface area (Å²) in [6.07, 6.45) is 1.52. The molecule has 0 aliphatic heterocycles. The van der Waals surface area contributed by atoms with Gasteiger partial charge in [-0.05, 0) is 37.5 Å². The van der Waals surface area contributed by atoms with Crippen LogP contribution in [0.15, 0.2) is 24.3 Å². The Balaban J connectivity index is 2.66. The van der Waals surface area contributed by atoms with Crippen LogP contribution in [0.25, 0.3) is 0 Å². The topological polar surface area (TPSA) is 84.2 Å². The van der Waals surface area contributed by atoms with Gasteiger partial charge in [-0.1, -0.05) is 26.0 Å². The van der Waals surface area contributed by atoms with Gasteiger partial charge in [0.05, 0.1) is 12.0 Å². The van der Waals surface area contributed by atoms with Gasteiger partial charge in [0.2, 0.25) is 11.8 Å². The van der Waals surface area contributed by atoms with Crippen molar-refractivity contribution in [3.05, 3.63) is 29.8 Å². The zero-order chi connectivity index (χ0) is 15.9. The number of amides is 2. The Morgan fingerprint density at radius 1 is 1.10 bits per heavy atom. The number of likely N-dealkylation sites (N-methyl/N-ethyl adjacent to an activating group) is 1. The summed E-state index contributed by atoms with van der Waals surface area (Å²) in [4.78, 5) is 23.6. The molecule has 1 aromatic carbocycles. The SMILES string of the molecule is CCNC(=O)Cc1ccc(NC(=O)C(N)(CC)CC)cc1. The molecule has 2 amide bonds. The van der Waals surface area contributed by atoms with Crippen LogP contribution in [-0.4, -0.2) is 23.9 Å². The quantitative estimate of drug-likeness (QED) is 0.716. The van der Waals surface area contributed by atoms with Crippen molar-refractivity contribution >= 4 is 17.5 Å². The second kappa shape index (κ2) is 7.78. The predicted octanol–water partition coefficient (Wildman–Crippen LogP) is 1.82. The maximum Gasteiger partial charge on any atom is 0.244 e. The molecule has 21 heavy (non-hydrogen) atoms. The Bertz CT molecular complexity index is 479. The molecule has 0 aliphatic rings. The third kappa shape index (κ3) is 4.86. The van der Waals surface area contributed by atoms with E-state index < -0.39 is 5.54 Å². The number of hydrogen-bond donors (Lipinski definition) is 3. The second-order valence-electron chi connectivity index (χ2n) is 5.14. The van der Waals surface area contributed by atoms with Gasteiger partial charge in [-0.2, -0.15) is 0 Å². The summed E-state index contributed by atoms with van der Waals surface area (Å²) < 4.78 is 0. The number of hydrogen-bond acceptors (Lipinski definition) is 3. The summed E-state index contributed by atoms with van der Waals surface area (Å²) in [6, 6.07) is 7.25. The van der Waals surface area contributed by atoms with Crippen LogP contribution in [-0.2, 0) is 16.0 Å². The van der Waals surface area contributed by atoms with Gasteiger partial charge >= 0.3 is 0 Å². The van der Waals surface area contributed by atoms with E-state index in [0.29, 0.717) is 31.5 Å². The van der Waals surface area contributed by atoms with Crippen LogP contribution < -0.4 is 16.4 Å². The zero-order valence-corrected chi connectivity index (χ0v) is 13.0. The second-order valence-corrected chi connectivity index (χ2v) is 5.14. The molecule has 0 aliphatic carbocycles. The molecule has 0 bridgehead atoms. The smallest absolute Gasteiger partial charge is 0.244 e. The summed E-state index contributed by atoms with van der Waals surface area (Å²) in [6.45, 7) is 6.31. The van der Waals surface area contributed by atoms with Gasteiger partial charge in [-0.25, -0.2) is 0 Å². The monoisotopic (exact) mass is 291 g/mol. The van der Waals surface area contributed by atoms with Crippen LogP contribution in [0.2, 0.25) is 0 Å². The van der Waals surface area contributed by atoms with E-state index in [1.165, 1.54) is 0 Å². The molecule has 1 aromatic rings. The molecule has 0 heterocycles. The van der Waals surface area contributed by atoms with Crippen molar-refractivity contribution in [3.8, 4) is 0 Å². The molecule has 0 saturated heterocycles. The van der Waals surface area contributed by atoms with E-state index in [2.05, 4.69) is 10.6 Å². The lowest BCUT2D eigenvalue weighted by Crippen LogP contribution is -2.50. The minimum atomic E-state index is -0.834. The van der Waals surface area contributed by atoms with E-state index in [1.807, 2.05) is 32.9 Å². The number of carbonyl (C=O) groups excluding carboxylic acids is 2. The molecule has 5 nitrogen and oxygen atoms in total. The first-order valence-corrected chi connectivity index (χ1v) is 7.41. The molecule has 5 heteroatoms. The summed E-state index contributed by atoms with van der Waals surface area (Å²) in [5, 5.41) is 5.58. The van der Waals surface area contributed by atoms with Crippen LogP contribution in [0.1, 0.15) is 39.2 Å². The molecular weight excluding hydrogens is 266 g/mol. The van der Waals surface area contributed by atoms with Crippen molar-refractivity contribution in [3.63, 3.8) is 0 Å². The average Bonchev–Trinajstić information content (AvgIpc) is 2.48. The number of nitrogens with one attached hydrogen (secondary N) is 2. The largest absolute Gasteiger partial charge is 0.356 e. The van der Waals surface area contributed by atoms with E-state index in [9.17, 15) is 9.59 Å². The Kier molecular flexibility index (Phi) is 6.37. The van der Waals surface area contributed by atoms with E-state index in [4.69, 9.17) is 5.73 Å². The highest BCUT2D eigenvalue weighted by Gasteiger charge is 2.29.